The van der Waals surface area contributed by atoms with Crippen LogP contribution in [0.15, 0.2) is 4.79 Å². The maximum atomic E-state index is 12.3. The van der Waals surface area contributed by atoms with Gasteiger partial charge in [-0.05, 0) is 26.2 Å². The summed E-state index contributed by atoms with van der Waals surface area (Å²) in [7, 11) is 1.73. The predicted octanol–water partition coefficient (Wildman–Crippen LogP) is 0.0470. The van der Waals surface area contributed by atoms with Crippen molar-refractivity contribution < 1.29 is 14.6 Å². The average Bonchev–Trinajstić information content (AvgIpc) is 3.03. The molecule has 9 nitrogen and oxygen atoms in total. The lowest BCUT2D eigenvalue weighted by atomic mass is 10.1. The molecule has 2 rings (SSSR count). The molecular formula is C15H25N5O4. The Bertz CT molecular complexity index is 635. The number of nitrogen functional groups attached to an aromatic ring is 1. The number of amides is 1. The van der Waals surface area contributed by atoms with E-state index in [0.717, 1.165) is 0 Å². The van der Waals surface area contributed by atoms with Crippen LogP contribution in [0.3, 0.4) is 0 Å². The molecule has 0 saturated carbocycles. The van der Waals surface area contributed by atoms with Gasteiger partial charge in [0.2, 0.25) is 12.4 Å². The van der Waals surface area contributed by atoms with E-state index in [4.69, 9.17) is 10.5 Å². The highest BCUT2D eigenvalue weighted by Gasteiger charge is 2.35. The molecule has 1 fully saturated rings. The smallest absolute Gasteiger partial charge is 0.278 e. The average molecular weight is 339 g/mol. The van der Waals surface area contributed by atoms with Crippen molar-refractivity contribution in [1.29, 1.82) is 0 Å². The van der Waals surface area contributed by atoms with Gasteiger partial charge in [0.1, 0.15) is 11.9 Å². The fraction of sp³-hybridized carbons (Fsp3) is 0.667. The van der Waals surface area contributed by atoms with E-state index in [0.29, 0.717) is 32.2 Å². The number of aromatic amines is 1. The fourth-order valence-electron chi connectivity index (χ4n) is 2.80. The molecule has 3 atom stereocenters. The number of aliphatic hydroxyl groups is 1. The van der Waals surface area contributed by atoms with Crippen molar-refractivity contribution in [2.75, 3.05) is 29.1 Å². The third-order valence-electron chi connectivity index (χ3n) is 4.30. The van der Waals surface area contributed by atoms with E-state index in [2.05, 4.69) is 9.97 Å². The Morgan fingerprint density at radius 3 is 2.79 bits per heavy atom. The molecule has 9 heteroatoms. The highest BCUT2D eigenvalue weighted by atomic mass is 16.5. The second kappa shape index (κ2) is 7.63. The highest BCUT2D eigenvalue weighted by molar-refractivity contribution is 5.81. The number of nitrogens with one attached hydrogen (secondary N) is 1. The van der Waals surface area contributed by atoms with Crippen LogP contribution in [0.4, 0.5) is 17.5 Å². The molecule has 0 aliphatic carbocycles. The van der Waals surface area contributed by atoms with Gasteiger partial charge in [0.15, 0.2) is 5.82 Å². The van der Waals surface area contributed by atoms with Crippen LogP contribution in [0.5, 0.6) is 0 Å². The first-order chi connectivity index (χ1) is 11.4. The van der Waals surface area contributed by atoms with Crippen LogP contribution in [-0.2, 0) is 9.53 Å². The molecule has 1 aliphatic heterocycles. The quantitative estimate of drug-likeness (QED) is 0.599. The van der Waals surface area contributed by atoms with Crippen molar-refractivity contribution in [3.63, 3.8) is 0 Å². The Hall–Kier alpha value is -2.13. The van der Waals surface area contributed by atoms with Crippen molar-refractivity contribution in [1.82, 2.24) is 9.97 Å². The van der Waals surface area contributed by atoms with Crippen LogP contribution < -0.4 is 21.1 Å². The molecule has 1 saturated heterocycles. The van der Waals surface area contributed by atoms with Gasteiger partial charge in [-0.25, -0.2) is 0 Å². The lowest BCUT2D eigenvalue weighted by molar-refractivity contribution is -0.111. The number of nitrogens with zero attached hydrogens (tertiary/aromatic N) is 3. The normalized spacial score (nSPS) is 21.5. The summed E-state index contributed by atoms with van der Waals surface area (Å²) in [6, 6.07) is 0. The van der Waals surface area contributed by atoms with Gasteiger partial charge in [-0.1, -0.05) is 6.92 Å². The van der Waals surface area contributed by atoms with Gasteiger partial charge in [-0.2, -0.15) is 4.98 Å². The first-order valence-electron chi connectivity index (χ1n) is 8.10. The molecule has 1 aromatic rings. The zero-order chi connectivity index (χ0) is 17.9. The van der Waals surface area contributed by atoms with E-state index < -0.39 is 17.9 Å². The Balaban J connectivity index is 2.38. The maximum Gasteiger partial charge on any atom is 0.278 e. The third-order valence-corrected chi connectivity index (χ3v) is 4.30. The molecule has 1 amide bonds. The van der Waals surface area contributed by atoms with Gasteiger partial charge >= 0.3 is 0 Å². The zero-order valence-corrected chi connectivity index (χ0v) is 14.2. The number of hydrogen-bond acceptors (Lipinski definition) is 7. The second-order valence-electron chi connectivity index (χ2n) is 5.83. The minimum Gasteiger partial charge on any atom is -0.390 e. The first-order valence-corrected chi connectivity index (χ1v) is 8.10. The van der Waals surface area contributed by atoms with E-state index in [1.807, 2.05) is 13.8 Å². The molecule has 4 N–H and O–H groups in total. The second-order valence-corrected chi connectivity index (χ2v) is 5.83. The largest absolute Gasteiger partial charge is 0.390 e. The predicted molar refractivity (Wildman–Crippen MR) is 90.9 cm³/mol. The monoisotopic (exact) mass is 339 g/mol. The van der Waals surface area contributed by atoms with Crippen molar-refractivity contribution >= 4 is 23.9 Å². The Labute approximate surface area is 140 Å². The number of rotatable bonds is 7. The number of hydrogen-bond donors (Lipinski definition) is 3. The standard InChI is InChI=1S/C15H25N5O4/c1-4-9(22)10-6-7-11(24-10)20(8-21)13-12(19(3)5-2)14(23)18-15(16)17-13/h8-11,22H,4-7H2,1-3H3,(H3,16,17,18,23). The number of carbonyl (C=O) groups excluding carboxylic acids is 1. The minimum absolute atomic E-state index is 0.0711. The molecule has 0 aromatic carbocycles. The van der Waals surface area contributed by atoms with Crippen LogP contribution in [0.25, 0.3) is 0 Å². The Morgan fingerprint density at radius 1 is 1.50 bits per heavy atom. The van der Waals surface area contributed by atoms with E-state index in [1.165, 1.54) is 4.90 Å². The van der Waals surface area contributed by atoms with E-state index >= 15 is 0 Å². The first kappa shape index (κ1) is 18.2. The molecule has 0 bridgehead atoms. The maximum absolute atomic E-state index is 12.3. The number of H-pyrrole nitrogens is 1. The van der Waals surface area contributed by atoms with Crippen LogP contribution in [-0.4, -0.2) is 53.5 Å². The number of aromatic nitrogens is 2. The number of carbonyl (C=O) groups is 1. The van der Waals surface area contributed by atoms with Crippen LogP contribution in [0.1, 0.15) is 33.1 Å². The highest BCUT2D eigenvalue weighted by Crippen LogP contribution is 2.31. The van der Waals surface area contributed by atoms with Crippen LogP contribution >= 0.6 is 0 Å². The molecule has 1 aromatic heterocycles. The van der Waals surface area contributed by atoms with Gasteiger partial charge < -0.3 is 20.5 Å². The summed E-state index contributed by atoms with van der Waals surface area (Å²) < 4.78 is 5.80. The number of ether oxygens (including phenoxy) is 1. The number of nitrogens with two attached hydrogens (primary N) is 1. The van der Waals surface area contributed by atoms with E-state index in [-0.39, 0.29) is 23.6 Å². The molecule has 134 valence electrons. The fourth-order valence-corrected chi connectivity index (χ4v) is 2.80. The summed E-state index contributed by atoms with van der Waals surface area (Å²) >= 11 is 0. The van der Waals surface area contributed by atoms with Crippen molar-refractivity contribution in [3.8, 4) is 0 Å². The summed E-state index contributed by atoms with van der Waals surface area (Å²) in [5.74, 6) is 0.0884. The van der Waals surface area contributed by atoms with Crippen LogP contribution in [0, 0.1) is 0 Å². The van der Waals surface area contributed by atoms with E-state index in [1.54, 1.807) is 11.9 Å². The van der Waals surface area contributed by atoms with Gasteiger partial charge in [0, 0.05) is 13.6 Å². The topological polar surface area (TPSA) is 125 Å². The van der Waals surface area contributed by atoms with E-state index in [9.17, 15) is 14.7 Å². The van der Waals surface area contributed by atoms with Crippen molar-refractivity contribution in [2.24, 2.45) is 0 Å². The minimum atomic E-state index is -0.591. The number of anilines is 3. The van der Waals surface area contributed by atoms with Gasteiger partial charge in [0.05, 0.1) is 12.2 Å². The number of aliphatic hydroxyl groups excluding tert-OH is 1. The Morgan fingerprint density at radius 2 is 2.21 bits per heavy atom. The molecule has 0 radical (unpaired) electrons. The lowest BCUT2D eigenvalue weighted by Crippen LogP contribution is -2.39. The molecule has 24 heavy (non-hydrogen) atoms. The SMILES string of the molecule is CCC(O)C1CCC(N(C=O)c2nc(N)[nH]c(=O)c2N(C)CC)O1. The molecule has 1 aliphatic rings. The summed E-state index contributed by atoms with van der Waals surface area (Å²) in [4.78, 5) is 33.5. The van der Waals surface area contributed by atoms with Crippen molar-refractivity contribution in [3.05, 3.63) is 10.4 Å². The molecular weight excluding hydrogens is 314 g/mol. The lowest BCUT2D eigenvalue weighted by Gasteiger charge is -2.28. The third kappa shape index (κ3) is 3.51. The molecule has 0 spiro atoms. The van der Waals surface area contributed by atoms with Gasteiger partial charge in [-0.15, -0.1) is 0 Å². The summed E-state index contributed by atoms with van der Waals surface area (Å²) in [5, 5.41) is 9.94. The summed E-state index contributed by atoms with van der Waals surface area (Å²) in [5.41, 5.74) is 5.48. The summed E-state index contributed by atoms with van der Waals surface area (Å²) in [6.45, 7) is 4.30. The Kier molecular flexibility index (Phi) is 5.79. The van der Waals surface area contributed by atoms with Gasteiger partial charge in [0.25, 0.3) is 5.56 Å². The zero-order valence-electron chi connectivity index (χ0n) is 14.2. The molecule has 2 heterocycles. The molecule has 3 unspecified atom stereocenters. The van der Waals surface area contributed by atoms with Crippen LogP contribution in [0.2, 0.25) is 0 Å². The van der Waals surface area contributed by atoms with Crippen molar-refractivity contribution in [2.45, 2.75) is 51.5 Å². The summed E-state index contributed by atoms with van der Waals surface area (Å²) in [6.07, 6.45) is 0.808. The van der Waals surface area contributed by atoms with Gasteiger partial charge in [-0.3, -0.25) is 19.5 Å².